The molecular formula is C23H23N3O3S2. The van der Waals surface area contributed by atoms with E-state index < -0.39 is 5.91 Å². The number of unbranched alkanes of at least 4 members (excludes halogenated alkanes) is 1. The number of benzene rings is 2. The van der Waals surface area contributed by atoms with E-state index in [0.29, 0.717) is 11.3 Å². The lowest BCUT2D eigenvalue weighted by Crippen LogP contribution is -2.29. The zero-order valence-corrected chi connectivity index (χ0v) is 18.8. The summed E-state index contributed by atoms with van der Waals surface area (Å²) < 4.78 is 1.98. The molecule has 1 aromatic heterocycles. The first-order chi connectivity index (χ1) is 15.2. The first kappa shape index (κ1) is 22.8. The molecule has 0 saturated carbocycles. The maximum atomic E-state index is 12.1. The molecule has 0 unspecified atom stereocenters. The topological polar surface area (TPSA) is 80.3 Å². The summed E-state index contributed by atoms with van der Waals surface area (Å²) in [6, 6.07) is 14.2. The fourth-order valence-corrected chi connectivity index (χ4v) is 4.58. The Morgan fingerprint density at radius 1 is 1.13 bits per heavy atom. The number of carbonyl (C=O) groups excluding carboxylic acids is 2. The standard InChI is InChI=1S/C23H23N3O3S2/c1-2-3-4-5-9-14-30-23-25-19-13-12-18(15-20(19)31-23)24-21(27)16-29-26-22(28)17-10-7-6-8-11-17/h6-8,10-13,15H,2-3,9,14,16H2,1H3,(H,24,27)(H,26,28). The summed E-state index contributed by atoms with van der Waals surface area (Å²) in [7, 11) is 0. The lowest BCUT2D eigenvalue weighted by atomic mass is 10.2. The van der Waals surface area contributed by atoms with Gasteiger partial charge in [-0.25, -0.2) is 10.5 Å². The van der Waals surface area contributed by atoms with Crippen molar-refractivity contribution in [1.29, 1.82) is 0 Å². The summed E-state index contributed by atoms with van der Waals surface area (Å²) in [5.74, 6) is 6.47. The number of amides is 2. The number of fused-ring (bicyclic) bond motifs is 1. The predicted octanol–water partition coefficient (Wildman–Crippen LogP) is 4.88. The van der Waals surface area contributed by atoms with Gasteiger partial charge in [0.25, 0.3) is 11.8 Å². The third kappa shape index (κ3) is 7.40. The lowest BCUT2D eigenvalue weighted by molar-refractivity contribution is -0.122. The number of thioether (sulfide) groups is 1. The van der Waals surface area contributed by atoms with Crippen molar-refractivity contribution in [2.75, 3.05) is 17.7 Å². The summed E-state index contributed by atoms with van der Waals surface area (Å²) >= 11 is 3.28. The van der Waals surface area contributed by atoms with Gasteiger partial charge in [0.15, 0.2) is 10.9 Å². The van der Waals surface area contributed by atoms with E-state index in [1.54, 1.807) is 53.4 Å². The normalized spacial score (nSPS) is 10.4. The van der Waals surface area contributed by atoms with Crippen LogP contribution in [0.15, 0.2) is 52.9 Å². The third-order valence-corrected chi connectivity index (χ3v) is 6.17. The van der Waals surface area contributed by atoms with Crippen LogP contribution in [-0.4, -0.2) is 29.2 Å². The number of hydroxylamine groups is 1. The number of rotatable bonds is 9. The Morgan fingerprint density at radius 3 is 2.74 bits per heavy atom. The van der Waals surface area contributed by atoms with Crippen molar-refractivity contribution in [2.45, 2.75) is 30.5 Å². The van der Waals surface area contributed by atoms with Crippen LogP contribution in [0.5, 0.6) is 0 Å². The van der Waals surface area contributed by atoms with Gasteiger partial charge in [0.2, 0.25) is 0 Å². The van der Waals surface area contributed by atoms with Gasteiger partial charge in [-0.1, -0.05) is 36.9 Å². The van der Waals surface area contributed by atoms with Crippen LogP contribution < -0.4 is 10.8 Å². The van der Waals surface area contributed by atoms with E-state index in [1.807, 2.05) is 18.2 Å². The molecule has 0 aliphatic rings. The number of carbonyl (C=O) groups is 2. The molecule has 0 radical (unpaired) electrons. The Bertz CT molecular complexity index is 1090. The number of nitrogens with zero attached hydrogens (tertiary/aromatic N) is 1. The molecule has 3 aromatic rings. The van der Waals surface area contributed by atoms with E-state index >= 15 is 0 Å². The average molecular weight is 454 g/mol. The molecule has 160 valence electrons. The van der Waals surface area contributed by atoms with Crippen molar-refractivity contribution >= 4 is 50.8 Å². The van der Waals surface area contributed by atoms with Crippen LogP contribution >= 0.6 is 23.1 Å². The highest BCUT2D eigenvalue weighted by Crippen LogP contribution is 2.31. The van der Waals surface area contributed by atoms with Crippen molar-refractivity contribution in [3.05, 3.63) is 54.1 Å². The molecule has 6 nitrogen and oxygen atoms in total. The SMILES string of the molecule is CCCC#CCCSc1nc2ccc(NC(=O)CONC(=O)c3ccccc3)cc2s1. The molecule has 2 N–H and O–H groups in total. The average Bonchev–Trinajstić information content (AvgIpc) is 3.18. The van der Waals surface area contributed by atoms with Gasteiger partial charge in [0.1, 0.15) is 0 Å². The molecule has 1 heterocycles. The second kappa shape index (κ2) is 12.1. The molecule has 0 fully saturated rings. The Labute approximate surface area is 189 Å². The van der Waals surface area contributed by atoms with E-state index in [-0.39, 0.29) is 12.5 Å². The van der Waals surface area contributed by atoms with Crippen molar-refractivity contribution in [2.24, 2.45) is 0 Å². The highest BCUT2D eigenvalue weighted by molar-refractivity contribution is 8.01. The predicted molar refractivity (Wildman–Crippen MR) is 126 cm³/mol. The summed E-state index contributed by atoms with van der Waals surface area (Å²) in [4.78, 5) is 33.6. The minimum atomic E-state index is -0.402. The zero-order chi connectivity index (χ0) is 21.9. The molecule has 3 rings (SSSR count). The van der Waals surface area contributed by atoms with Crippen LogP contribution in [0.1, 0.15) is 36.5 Å². The molecule has 0 saturated heterocycles. The Kier molecular flexibility index (Phi) is 8.91. The Hall–Kier alpha value is -2.86. The van der Waals surface area contributed by atoms with Gasteiger partial charge >= 0.3 is 0 Å². The lowest BCUT2D eigenvalue weighted by Gasteiger charge is -2.07. The zero-order valence-electron chi connectivity index (χ0n) is 17.1. The summed E-state index contributed by atoms with van der Waals surface area (Å²) in [5.41, 5.74) is 4.27. The molecule has 0 aliphatic heterocycles. The van der Waals surface area contributed by atoms with E-state index in [0.717, 1.165) is 39.6 Å². The molecule has 8 heteroatoms. The van der Waals surface area contributed by atoms with Crippen LogP contribution in [0.3, 0.4) is 0 Å². The summed E-state index contributed by atoms with van der Waals surface area (Å²) in [6.45, 7) is 1.83. The molecular weight excluding hydrogens is 430 g/mol. The van der Waals surface area contributed by atoms with Gasteiger partial charge < -0.3 is 5.32 Å². The van der Waals surface area contributed by atoms with Gasteiger partial charge in [0, 0.05) is 29.8 Å². The maximum absolute atomic E-state index is 12.1. The van der Waals surface area contributed by atoms with Crippen molar-refractivity contribution in [3.8, 4) is 11.8 Å². The Morgan fingerprint density at radius 2 is 1.94 bits per heavy atom. The first-order valence-corrected chi connectivity index (χ1v) is 11.7. The van der Waals surface area contributed by atoms with E-state index in [4.69, 9.17) is 4.84 Å². The summed E-state index contributed by atoms with van der Waals surface area (Å²) in [6.07, 6.45) is 2.89. The second-order valence-corrected chi connectivity index (χ2v) is 8.87. The minimum Gasteiger partial charge on any atom is -0.324 e. The molecule has 0 aliphatic carbocycles. The van der Waals surface area contributed by atoms with Crippen LogP contribution in [0.2, 0.25) is 0 Å². The number of hydrogen-bond acceptors (Lipinski definition) is 6. The number of hydrogen-bond donors (Lipinski definition) is 2. The third-order valence-electron chi connectivity index (χ3n) is 4.01. The van der Waals surface area contributed by atoms with Gasteiger partial charge in [0.05, 0.1) is 10.2 Å². The molecule has 0 spiro atoms. The highest BCUT2D eigenvalue weighted by Gasteiger charge is 2.09. The van der Waals surface area contributed by atoms with E-state index in [9.17, 15) is 9.59 Å². The van der Waals surface area contributed by atoms with E-state index in [1.165, 1.54) is 0 Å². The molecule has 0 bridgehead atoms. The van der Waals surface area contributed by atoms with Crippen molar-refractivity contribution in [3.63, 3.8) is 0 Å². The molecule has 31 heavy (non-hydrogen) atoms. The number of anilines is 1. The van der Waals surface area contributed by atoms with Crippen molar-refractivity contribution in [1.82, 2.24) is 10.5 Å². The Balaban J connectivity index is 1.46. The number of aromatic nitrogens is 1. The maximum Gasteiger partial charge on any atom is 0.274 e. The smallest absolute Gasteiger partial charge is 0.274 e. The quantitative estimate of drug-likeness (QED) is 0.209. The molecule has 2 amide bonds. The fraction of sp³-hybridized carbons (Fsp3) is 0.261. The second-order valence-electron chi connectivity index (χ2n) is 6.50. The van der Waals surface area contributed by atoms with E-state index in [2.05, 4.69) is 34.5 Å². The number of nitrogens with one attached hydrogen (secondary N) is 2. The van der Waals surface area contributed by atoms with Gasteiger partial charge in [-0.15, -0.1) is 23.2 Å². The van der Waals surface area contributed by atoms with Crippen molar-refractivity contribution < 1.29 is 14.4 Å². The number of thiazole rings is 1. The van der Waals surface area contributed by atoms with Gasteiger partial charge in [-0.3, -0.25) is 14.4 Å². The van der Waals surface area contributed by atoms with Crippen LogP contribution in [0, 0.1) is 11.8 Å². The van der Waals surface area contributed by atoms with Gasteiger partial charge in [-0.2, -0.15) is 0 Å². The monoisotopic (exact) mass is 453 g/mol. The molecule has 2 aromatic carbocycles. The highest BCUT2D eigenvalue weighted by atomic mass is 32.2. The summed E-state index contributed by atoms with van der Waals surface area (Å²) in [5, 5.41) is 2.77. The van der Waals surface area contributed by atoms with Crippen LogP contribution in [0.25, 0.3) is 10.2 Å². The largest absolute Gasteiger partial charge is 0.324 e. The van der Waals surface area contributed by atoms with Gasteiger partial charge in [-0.05, 0) is 36.8 Å². The first-order valence-electron chi connectivity index (χ1n) is 9.92. The molecule has 0 atom stereocenters. The minimum absolute atomic E-state index is 0.292. The van der Waals surface area contributed by atoms with Crippen LogP contribution in [0.4, 0.5) is 5.69 Å². The fourth-order valence-electron chi connectivity index (χ4n) is 2.55. The van der Waals surface area contributed by atoms with Crippen LogP contribution in [-0.2, 0) is 9.63 Å².